The second kappa shape index (κ2) is 13.2. The Morgan fingerprint density at radius 2 is 1.12 bits per heavy atom. The van der Waals surface area contributed by atoms with Crippen LogP contribution in [0.4, 0.5) is 11.4 Å². The van der Waals surface area contributed by atoms with Crippen LogP contribution in [0.1, 0.15) is 52.7 Å². The van der Waals surface area contributed by atoms with E-state index in [0.717, 1.165) is 45.1 Å². The molecule has 0 saturated heterocycles. The molecule has 52 heavy (non-hydrogen) atoms. The van der Waals surface area contributed by atoms with E-state index < -0.39 is 0 Å². The highest BCUT2D eigenvalue weighted by molar-refractivity contribution is 7.26. The molecule has 3 aromatic heterocycles. The summed E-state index contributed by atoms with van der Waals surface area (Å²) in [6.07, 6.45) is 1.95. The standard InChI is InChI=1S/C48H43N3S/c1-47(2,3)34-22-24-42(38(29-34)41-20-13-19-40(50-41)33-17-12-16-32(28-33)31-14-8-7-9-15-31)51-43-25-23-35(48(4,5)6)30-39(43)45-46-37(26-27-49-45)36-18-10-11-21-44(36)52-46/h7-30,51H,1-6H3. The lowest BCUT2D eigenvalue weighted by atomic mass is 9.85. The number of aromatic nitrogens is 2. The fraction of sp³-hybridized carbons (Fsp3) is 0.167. The first kappa shape index (κ1) is 33.6. The van der Waals surface area contributed by atoms with E-state index in [-0.39, 0.29) is 10.8 Å². The van der Waals surface area contributed by atoms with Crippen molar-refractivity contribution in [1.82, 2.24) is 9.97 Å². The third-order valence-corrected chi connectivity index (χ3v) is 11.1. The van der Waals surface area contributed by atoms with Crippen LogP contribution in [0.5, 0.6) is 0 Å². The zero-order valence-corrected chi connectivity index (χ0v) is 31.5. The first-order valence-electron chi connectivity index (χ1n) is 18.0. The van der Waals surface area contributed by atoms with Gasteiger partial charge in [-0.1, -0.05) is 126 Å². The molecule has 256 valence electrons. The molecule has 4 heteroatoms. The topological polar surface area (TPSA) is 37.8 Å². The number of benzene rings is 5. The molecule has 0 aliphatic carbocycles. The summed E-state index contributed by atoms with van der Waals surface area (Å²) in [6.45, 7) is 13.6. The first-order valence-corrected chi connectivity index (χ1v) is 18.8. The van der Waals surface area contributed by atoms with Crippen LogP contribution >= 0.6 is 11.3 Å². The van der Waals surface area contributed by atoms with Crippen LogP contribution in [0.2, 0.25) is 0 Å². The van der Waals surface area contributed by atoms with Crippen molar-refractivity contribution in [2.45, 2.75) is 52.4 Å². The Kier molecular flexibility index (Phi) is 8.51. The van der Waals surface area contributed by atoms with Crippen molar-refractivity contribution in [3.05, 3.63) is 157 Å². The maximum atomic E-state index is 5.32. The van der Waals surface area contributed by atoms with Gasteiger partial charge in [0.25, 0.3) is 0 Å². The Labute approximate surface area is 311 Å². The van der Waals surface area contributed by atoms with Gasteiger partial charge < -0.3 is 5.32 Å². The largest absolute Gasteiger partial charge is 0.354 e. The summed E-state index contributed by atoms with van der Waals surface area (Å²) in [7, 11) is 0. The van der Waals surface area contributed by atoms with Gasteiger partial charge in [-0.2, -0.15) is 0 Å². The zero-order chi connectivity index (χ0) is 36.0. The van der Waals surface area contributed by atoms with Gasteiger partial charge in [0.05, 0.1) is 21.8 Å². The van der Waals surface area contributed by atoms with Crippen LogP contribution in [0.15, 0.2) is 146 Å². The normalized spacial score (nSPS) is 12.0. The highest BCUT2D eigenvalue weighted by atomic mass is 32.1. The van der Waals surface area contributed by atoms with E-state index in [1.54, 1.807) is 0 Å². The molecule has 0 saturated carbocycles. The fourth-order valence-corrected chi connectivity index (χ4v) is 8.07. The van der Waals surface area contributed by atoms with Crippen LogP contribution in [0.3, 0.4) is 0 Å². The van der Waals surface area contributed by atoms with E-state index in [9.17, 15) is 0 Å². The monoisotopic (exact) mass is 693 g/mol. The summed E-state index contributed by atoms with van der Waals surface area (Å²) in [5.74, 6) is 0. The molecule has 0 aliphatic heterocycles. The van der Waals surface area contributed by atoms with Crippen molar-refractivity contribution >= 4 is 42.9 Å². The van der Waals surface area contributed by atoms with Crippen LogP contribution in [0.25, 0.3) is 65.1 Å². The molecule has 0 fully saturated rings. The van der Waals surface area contributed by atoms with Gasteiger partial charge in [0.15, 0.2) is 0 Å². The number of hydrogen-bond acceptors (Lipinski definition) is 4. The number of nitrogens with one attached hydrogen (secondary N) is 1. The fourth-order valence-electron chi connectivity index (χ4n) is 6.87. The first-order chi connectivity index (χ1) is 25.0. The molecule has 1 N–H and O–H groups in total. The minimum Gasteiger partial charge on any atom is -0.354 e. The van der Waals surface area contributed by atoms with Gasteiger partial charge in [-0.3, -0.25) is 4.98 Å². The maximum absolute atomic E-state index is 5.32. The lowest BCUT2D eigenvalue weighted by molar-refractivity contribution is 0.590. The van der Waals surface area contributed by atoms with Crippen LogP contribution in [-0.4, -0.2) is 9.97 Å². The van der Waals surface area contributed by atoms with E-state index >= 15 is 0 Å². The molecule has 3 nitrogen and oxygen atoms in total. The molecule has 8 aromatic rings. The summed E-state index contributed by atoms with van der Waals surface area (Å²) in [5.41, 5.74) is 13.0. The quantitative estimate of drug-likeness (QED) is 0.188. The summed E-state index contributed by atoms with van der Waals surface area (Å²) < 4.78 is 2.47. The van der Waals surface area contributed by atoms with Gasteiger partial charge in [-0.25, -0.2) is 4.98 Å². The predicted molar refractivity (Wildman–Crippen MR) is 224 cm³/mol. The predicted octanol–water partition coefficient (Wildman–Crippen LogP) is 13.9. The number of pyridine rings is 2. The second-order valence-electron chi connectivity index (χ2n) is 15.6. The van der Waals surface area contributed by atoms with E-state index in [0.29, 0.717) is 0 Å². The number of rotatable bonds is 6. The second-order valence-corrected chi connectivity index (χ2v) is 16.7. The SMILES string of the molecule is CC(C)(C)c1ccc(Nc2ccc(C(C)(C)C)cc2-c2nccc3c2sc2ccccc23)c(-c2cccc(-c3cccc(-c4ccccc4)c3)n2)c1. The average molecular weight is 694 g/mol. The van der Waals surface area contributed by atoms with Crippen LogP contribution < -0.4 is 5.32 Å². The van der Waals surface area contributed by atoms with Gasteiger partial charge in [0.1, 0.15) is 0 Å². The lowest BCUT2D eigenvalue weighted by Gasteiger charge is -2.24. The van der Waals surface area contributed by atoms with Crippen LogP contribution in [0, 0.1) is 0 Å². The Bertz CT molecular complexity index is 2570. The molecule has 0 atom stereocenters. The molecular formula is C48H43N3S. The highest BCUT2D eigenvalue weighted by Gasteiger charge is 2.22. The molecule has 0 radical (unpaired) electrons. The number of nitrogens with zero attached hydrogens (tertiary/aromatic N) is 2. The molecule has 0 aliphatic rings. The lowest BCUT2D eigenvalue weighted by Crippen LogP contribution is -2.12. The number of thiophene rings is 1. The molecule has 0 amide bonds. The maximum Gasteiger partial charge on any atom is 0.0901 e. The zero-order valence-electron chi connectivity index (χ0n) is 30.7. The number of anilines is 2. The Morgan fingerprint density at radius 1 is 0.500 bits per heavy atom. The molecule has 0 bridgehead atoms. The molecule has 0 spiro atoms. The van der Waals surface area contributed by atoms with E-state index in [1.165, 1.54) is 42.4 Å². The minimum atomic E-state index is -0.0326. The van der Waals surface area contributed by atoms with Gasteiger partial charge in [-0.15, -0.1) is 11.3 Å². The van der Waals surface area contributed by atoms with Crippen molar-refractivity contribution in [1.29, 1.82) is 0 Å². The van der Waals surface area contributed by atoms with Crippen molar-refractivity contribution in [3.8, 4) is 44.9 Å². The Hall–Kier alpha value is -5.58. The van der Waals surface area contributed by atoms with Gasteiger partial charge >= 0.3 is 0 Å². The third kappa shape index (κ3) is 6.51. The molecular weight excluding hydrogens is 651 g/mol. The third-order valence-electron chi connectivity index (χ3n) is 9.88. The summed E-state index contributed by atoms with van der Waals surface area (Å²) in [4.78, 5) is 10.4. The van der Waals surface area contributed by atoms with Crippen molar-refractivity contribution in [2.24, 2.45) is 0 Å². The molecule has 3 heterocycles. The molecule has 5 aromatic carbocycles. The Morgan fingerprint density at radius 3 is 1.87 bits per heavy atom. The summed E-state index contributed by atoms with van der Waals surface area (Å²) >= 11 is 1.81. The number of fused-ring (bicyclic) bond motifs is 3. The molecule has 0 unspecified atom stereocenters. The number of hydrogen-bond donors (Lipinski definition) is 1. The smallest absolute Gasteiger partial charge is 0.0901 e. The van der Waals surface area contributed by atoms with Gasteiger partial charge in [0.2, 0.25) is 0 Å². The Balaban J connectivity index is 1.27. The average Bonchev–Trinajstić information content (AvgIpc) is 3.54. The van der Waals surface area contributed by atoms with E-state index in [1.807, 2.05) is 17.5 Å². The van der Waals surface area contributed by atoms with Crippen molar-refractivity contribution < 1.29 is 0 Å². The van der Waals surface area contributed by atoms with Gasteiger partial charge in [0, 0.05) is 49.7 Å². The van der Waals surface area contributed by atoms with Crippen LogP contribution in [-0.2, 0) is 10.8 Å². The van der Waals surface area contributed by atoms with Crippen molar-refractivity contribution in [2.75, 3.05) is 5.32 Å². The van der Waals surface area contributed by atoms with E-state index in [4.69, 9.17) is 9.97 Å². The molecule has 8 rings (SSSR count). The van der Waals surface area contributed by atoms with Gasteiger partial charge in [-0.05, 0) is 87.7 Å². The highest BCUT2D eigenvalue weighted by Crippen LogP contribution is 2.44. The summed E-state index contributed by atoms with van der Waals surface area (Å²) in [5, 5.41) is 6.42. The summed E-state index contributed by atoms with van der Waals surface area (Å²) in [6, 6.07) is 49.9. The van der Waals surface area contributed by atoms with E-state index in [2.05, 4.69) is 186 Å². The minimum absolute atomic E-state index is 0.0248. The van der Waals surface area contributed by atoms with Crippen molar-refractivity contribution in [3.63, 3.8) is 0 Å².